The molecule has 0 radical (unpaired) electrons. The monoisotopic (exact) mass is 424 g/mol. The first-order chi connectivity index (χ1) is 15.2. The molecule has 0 aliphatic rings. The van der Waals surface area contributed by atoms with Crippen LogP contribution in [-0.4, -0.2) is 19.2 Å². The van der Waals surface area contributed by atoms with Gasteiger partial charge in [0.05, 0.1) is 18.8 Å². The average Bonchev–Trinajstić information content (AvgIpc) is 2.80. The highest BCUT2D eigenvalue weighted by atomic mass is 16.5. The second-order valence-electron chi connectivity index (χ2n) is 7.63. The van der Waals surface area contributed by atoms with E-state index in [9.17, 15) is 4.79 Å². The first-order valence-corrected chi connectivity index (χ1v) is 11.5. The van der Waals surface area contributed by atoms with E-state index in [1.54, 1.807) is 24.3 Å². The Morgan fingerprint density at radius 2 is 1.26 bits per heavy atom. The molecule has 0 saturated heterocycles. The first-order valence-electron chi connectivity index (χ1n) is 11.5. The molecule has 2 rings (SSSR count). The van der Waals surface area contributed by atoms with Gasteiger partial charge in [-0.05, 0) is 74.2 Å². The van der Waals surface area contributed by atoms with Crippen LogP contribution in [0.2, 0.25) is 0 Å². The zero-order valence-electron chi connectivity index (χ0n) is 18.8. The fourth-order valence-electron chi connectivity index (χ4n) is 3.11. The molecule has 0 heterocycles. The van der Waals surface area contributed by atoms with Gasteiger partial charge in [0.15, 0.2) is 0 Å². The molecule has 0 spiro atoms. The Balaban J connectivity index is 1.70. The van der Waals surface area contributed by atoms with Crippen molar-refractivity contribution in [1.82, 2.24) is 0 Å². The van der Waals surface area contributed by atoms with Gasteiger partial charge in [-0.2, -0.15) is 0 Å². The van der Waals surface area contributed by atoms with Crippen LogP contribution in [-0.2, 0) is 0 Å². The molecule has 0 N–H and O–H groups in total. The Labute approximate surface area is 187 Å². The number of hydrogen-bond donors (Lipinski definition) is 0. The summed E-state index contributed by atoms with van der Waals surface area (Å²) in [7, 11) is 0. The lowest BCUT2D eigenvalue weighted by Crippen LogP contribution is -2.08. The van der Waals surface area contributed by atoms with Crippen LogP contribution in [0.15, 0.2) is 61.2 Å². The van der Waals surface area contributed by atoms with Crippen molar-refractivity contribution in [2.45, 2.75) is 64.7 Å². The summed E-state index contributed by atoms with van der Waals surface area (Å²) in [5, 5.41) is 0. The molecular weight excluding hydrogens is 388 g/mol. The molecular formula is C27H36O4. The molecule has 2 aromatic carbocycles. The maximum Gasteiger partial charge on any atom is 0.343 e. The molecule has 4 nitrogen and oxygen atoms in total. The standard InChI is InChI=1S/C27H36O4/c1-3-5-7-9-10-12-22-29-24-15-13-23(14-16-24)27(28)31-26-19-17-25(18-20-26)30-21-11-8-6-4-2/h3,13-20H,1,4-12,21-22H2,2H3. The number of rotatable bonds is 16. The smallest absolute Gasteiger partial charge is 0.343 e. The van der Waals surface area contributed by atoms with Gasteiger partial charge in [0, 0.05) is 0 Å². The van der Waals surface area contributed by atoms with Crippen molar-refractivity contribution < 1.29 is 19.0 Å². The van der Waals surface area contributed by atoms with Gasteiger partial charge in [-0.1, -0.05) is 45.1 Å². The van der Waals surface area contributed by atoms with Crippen LogP contribution in [0.5, 0.6) is 17.2 Å². The molecule has 0 amide bonds. The molecule has 0 unspecified atom stereocenters. The Bertz CT molecular complexity index is 750. The average molecular weight is 425 g/mol. The van der Waals surface area contributed by atoms with Crippen LogP contribution >= 0.6 is 0 Å². The highest BCUT2D eigenvalue weighted by Gasteiger charge is 2.09. The molecule has 0 aromatic heterocycles. The zero-order chi connectivity index (χ0) is 22.2. The van der Waals surface area contributed by atoms with Gasteiger partial charge in [-0.3, -0.25) is 0 Å². The summed E-state index contributed by atoms with van der Waals surface area (Å²) in [5.41, 5.74) is 0.494. The van der Waals surface area contributed by atoms with Crippen molar-refractivity contribution in [3.05, 3.63) is 66.7 Å². The van der Waals surface area contributed by atoms with Crippen molar-refractivity contribution >= 4 is 5.97 Å². The first kappa shape index (κ1) is 24.5. The number of hydrogen-bond acceptors (Lipinski definition) is 4. The Morgan fingerprint density at radius 1 is 0.742 bits per heavy atom. The topological polar surface area (TPSA) is 44.8 Å². The second-order valence-corrected chi connectivity index (χ2v) is 7.63. The minimum atomic E-state index is -0.387. The van der Waals surface area contributed by atoms with E-state index in [2.05, 4.69) is 13.5 Å². The van der Waals surface area contributed by atoms with E-state index in [4.69, 9.17) is 14.2 Å². The summed E-state index contributed by atoms with van der Waals surface area (Å²) in [6.07, 6.45) is 12.3. The molecule has 4 heteroatoms. The van der Waals surface area contributed by atoms with Crippen LogP contribution in [0, 0.1) is 0 Å². The predicted molar refractivity (Wildman–Crippen MR) is 126 cm³/mol. The van der Waals surface area contributed by atoms with Gasteiger partial charge in [0.2, 0.25) is 0 Å². The maximum atomic E-state index is 12.4. The number of ether oxygens (including phenoxy) is 3. The van der Waals surface area contributed by atoms with Crippen molar-refractivity contribution in [2.24, 2.45) is 0 Å². The third-order valence-electron chi connectivity index (χ3n) is 4.96. The highest BCUT2D eigenvalue weighted by molar-refractivity contribution is 5.91. The van der Waals surface area contributed by atoms with Crippen molar-refractivity contribution in [3.8, 4) is 17.2 Å². The summed E-state index contributed by atoms with van der Waals surface area (Å²) in [6, 6.07) is 14.3. The number of benzene rings is 2. The molecule has 0 fully saturated rings. The molecule has 0 aliphatic carbocycles. The van der Waals surface area contributed by atoms with E-state index in [0.717, 1.165) is 37.2 Å². The van der Waals surface area contributed by atoms with Crippen LogP contribution in [0.4, 0.5) is 0 Å². The van der Waals surface area contributed by atoms with Gasteiger partial charge in [0.25, 0.3) is 0 Å². The lowest BCUT2D eigenvalue weighted by atomic mass is 10.1. The summed E-state index contributed by atoms with van der Waals surface area (Å²) in [6.45, 7) is 7.32. The molecule has 0 atom stereocenters. The van der Waals surface area contributed by atoms with E-state index in [-0.39, 0.29) is 5.97 Å². The molecule has 2 aromatic rings. The molecule has 31 heavy (non-hydrogen) atoms. The zero-order valence-corrected chi connectivity index (χ0v) is 18.8. The van der Waals surface area contributed by atoms with Crippen molar-refractivity contribution in [2.75, 3.05) is 13.2 Å². The third-order valence-corrected chi connectivity index (χ3v) is 4.96. The lowest BCUT2D eigenvalue weighted by molar-refractivity contribution is 0.0734. The van der Waals surface area contributed by atoms with Gasteiger partial charge in [-0.15, -0.1) is 6.58 Å². The van der Waals surface area contributed by atoms with Crippen molar-refractivity contribution in [1.29, 1.82) is 0 Å². The van der Waals surface area contributed by atoms with Crippen molar-refractivity contribution in [3.63, 3.8) is 0 Å². The highest BCUT2D eigenvalue weighted by Crippen LogP contribution is 2.20. The minimum absolute atomic E-state index is 0.387. The quantitative estimate of drug-likeness (QED) is 0.122. The fraction of sp³-hybridized carbons (Fsp3) is 0.444. The summed E-state index contributed by atoms with van der Waals surface area (Å²) >= 11 is 0. The predicted octanol–water partition coefficient (Wildman–Crippen LogP) is 7.38. The molecule has 0 aliphatic heterocycles. The lowest BCUT2D eigenvalue weighted by Gasteiger charge is -2.09. The van der Waals surface area contributed by atoms with E-state index in [1.165, 1.54) is 32.1 Å². The number of esters is 1. The number of carbonyl (C=O) groups is 1. The Hall–Kier alpha value is -2.75. The van der Waals surface area contributed by atoms with Gasteiger partial charge < -0.3 is 14.2 Å². The summed E-state index contributed by atoms with van der Waals surface area (Å²) in [4.78, 5) is 12.4. The minimum Gasteiger partial charge on any atom is -0.494 e. The summed E-state index contributed by atoms with van der Waals surface area (Å²) < 4.78 is 16.9. The van der Waals surface area contributed by atoms with Gasteiger partial charge in [0.1, 0.15) is 17.2 Å². The SMILES string of the molecule is C=CCCCCCCOc1ccc(C(=O)Oc2ccc(OCCCCCC)cc2)cc1. The number of carbonyl (C=O) groups excluding carboxylic acids is 1. The van der Waals surface area contributed by atoms with E-state index in [1.807, 2.05) is 30.3 Å². The number of unbranched alkanes of at least 4 members (excludes halogenated alkanes) is 7. The van der Waals surface area contributed by atoms with E-state index < -0.39 is 0 Å². The normalized spacial score (nSPS) is 10.5. The van der Waals surface area contributed by atoms with E-state index >= 15 is 0 Å². The Kier molecular flexibility index (Phi) is 12.0. The molecule has 0 saturated carbocycles. The summed E-state index contributed by atoms with van der Waals surface area (Å²) in [5.74, 6) is 1.67. The second kappa shape index (κ2) is 15.1. The van der Waals surface area contributed by atoms with Crippen LogP contribution in [0.25, 0.3) is 0 Å². The number of allylic oxidation sites excluding steroid dienone is 1. The van der Waals surface area contributed by atoms with Crippen LogP contribution < -0.4 is 14.2 Å². The van der Waals surface area contributed by atoms with Gasteiger partial charge in [-0.25, -0.2) is 4.79 Å². The van der Waals surface area contributed by atoms with Crippen LogP contribution in [0.1, 0.15) is 75.1 Å². The fourth-order valence-corrected chi connectivity index (χ4v) is 3.11. The third kappa shape index (κ3) is 10.2. The largest absolute Gasteiger partial charge is 0.494 e. The van der Waals surface area contributed by atoms with Crippen LogP contribution in [0.3, 0.4) is 0 Å². The van der Waals surface area contributed by atoms with E-state index in [0.29, 0.717) is 24.5 Å². The molecule has 0 bridgehead atoms. The Morgan fingerprint density at radius 3 is 1.84 bits per heavy atom. The van der Waals surface area contributed by atoms with Gasteiger partial charge >= 0.3 is 5.97 Å². The molecule has 168 valence electrons. The maximum absolute atomic E-state index is 12.4.